The van der Waals surface area contributed by atoms with Crippen molar-refractivity contribution in [1.82, 2.24) is 15.2 Å². The van der Waals surface area contributed by atoms with Crippen molar-refractivity contribution in [2.45, 2.75) is 18.5 Å². The Bertz CT molecular complexity index is 596. The highest BCUT2D eigenvalue weighted by molar-refractivity contribution is 7.99. The van der Waals surface area contributed by atoms with E-state index >= 15 is 0 Å². The van der Waals surface area contributed by atoms with Crippen LogP contribution in [0.25, 0.3) is 10.9 Å². The monoisotopic (exact) mass is 301 g/mol. The first-order chi connectivity index (χ1) is 10.3. The first kappa shape index (κ1) is 14.8. The van der Waals surface area contributed by atoms with E-state index in [0.717, 1.165) is 11.9 Å². The van der Waals surface area contributed by atoms with Crippen molar-refractivity contribution in [3.8, 4) is 0 Å². The van der Waals surface area contributed by atoms with E-state index in [1.165, 1.54) is 29.0 Å². The van der Waals surface area contributed by atoms with Crippen LogP contribution in [0.4, 0.5) is 0 Å². The zero-order chi connectivity index (χ0) is 14.7. The molecule has 1 fully saturated rings. The number of rotatable bonds is 4. The molecule has 1 aromatic carbocycles. The van der Waals surface area contributed by atoms with Crippen LogP contribution in [0.2, 0.25) is 0 Å². The Labute approximate surface area is 131 Å². The fourth-order valence-corrected chi connectivity index (χ4v) is 4.44. The van der Waals surface area contributed by atoms with Gasteiger partial charge in [0.15, 0.2) is 0 Å². The summed E-state index contributed by atoms with van der Waals surface area (Å²) in [5.74, 6) is 2.46. The molecule has 1 aliphatic rings. The molecule has 1 N–H and O–H groups in total. The van der Waals surface area contributed by atoms with E-state index in [0.29, 0.717) is 12.1 Å². The molecule has 0 amide bonds. The summed E-state index contributed by atoms with van der Waals surface area (Å²) in [6, 6.07) is 11.7. The first-order valence-electron chi connectivity index (χ1n) is 7.57. The van der Waals surface area contributed by atoms with Gasteiger partial charge in [0.1, 0.15) is 0 Å². The Morgan fingerprint density at radius 2 is 2.24 bits per heavy atom. The van der Waals surface area contributed by atoms with Gasteiger partial charge in [-0.3, -0.25) is 4.98 Å². The van der Waals surface area contributed by atoms with Gasteiger partial charge in [-0.15, -0.1) is 0 Å². The molecule has 4 heteroatoms. The Morgan fingerprint density at radius 3 is 3.05 bits per heavy atom. The Morgan fingerprint density at radius 1 is 1.38 bits per heavy atom. The molecule has 3 nitrogen and oxygen atoms in total. The third-order valence-corrected chi connectivity index (χ3v) is 5.51. The van der Waals surface area contributed by atoms with E-state index in [1.807, 2.05) is 6.20 Å². The second-order valence-electron chi connectivity index (χ2n) is 5.71. The highest BCUT2D eigenvalue weighted by Gasteiger charge is 2.27. The molecule has 0 radical (unpaired) electrons. The Balaban J connectivity index is 1.85. The number of nitrogens with one attached hydrogen (secondary N) is 1. The van der Waals surface area contributed by atoms with Crippen LogP contribution >= 0.6 is 11.8 Å². The molecule has 3 rings (SSSR count). The van der Waals surface area contributed by atoms with Crippen LogP contribution in [0.1, 0.15) is 5.56 Å². The number of nitrogens with zero attached hydrogens (tertiary/aromatic N) is 2. The van der Waals surface area contributed by atoms with Crippen LogP contribution in [0.3, 0.4) is 0 Å². The van der Waals surface area contributed by atoms with Crippen molar-refractivity contribution >= 4 is 22.7 Å². The third kappa shape index (κ3) is 3.23. The lowest BCUT2D eigenvalue weighted by atomic mass is 9.97. The molecule has 1 saturated heterocycles. The molecule has 21 heavy (non-hydrogen) atoms. The quantitative estimate of drug-likeness (QED) is 0.939. The first-order valence-corrected chi connectivity index (χ1v) is 8.73. The lowest BCUT2D eigenvalue weighted by Gasteiger charge is -2.37. The predicted molar refractivity (Wildman–Crippen MR) is 92.0 cm³/mol. The van der Waals surface area contributed by atoms with Crippen molar-refractivity contribution in [2.75, 3.05) is 32.1 Å². The van der Waals surface area contributed by atoms with Gasteiger partial charge in [-0.05, 0) is 38.2 Å². The van der Waals surface area contributed by atoms with E-state index in [4.69, 9.17) is 0 Å². The summed E-state index contributed by atoms with van der Waals surface area (Å²) >= 11 is 2.07. The third-order valence-electron chi connectivity index (χ3n) is 4.46. The maximum atomic E-state index is 4.47. The molecule has 2 atom stereocenters. The number of benzene rings is 1. The highest BCUT2D eigenvalue weighted by atomic mass is 32.2. The number of aromatic nitrogens is 1. The van der Waals surface area contributed by atoms with Crippen molar-refractivity contribution in [3.05, 3.63) is 42.1 Å². The van der Waals surface area contributed by atoms with Gasteiger partial charge in [0.2, 0.25) is 0 Å². The predicted octanol–water partition coefficient (Wildman–Crippen LogP) is 2.41. The van der Waals surface area contributed by atoms with Crippen LogP contribution in [-0.2, 0) is 6.42 Å². The summed E-state index contributed by atoms with van der Waals surface area (Å²) in [6.45, 7) is 1.19. The summed E-state index contributed by atoms with van der Waals surface area (Å²) in [7, 11) is 4.33. The molecular weight excluding hydrogens is 278 g/mol. The Hall–Kier alpha value is -1.10. The van der Waals surface area contributed by atoms with Crippen LogP contribution in [0.15, 0.2) is 36.5 Å². The second kappa shape index (κ2) is 6.77. The number of likely N-dealkylation sites (N-methyl/N-ethyl adjacent to an activating group) is 2. The summed E-state index contributed by atoms with van der Waals surface area (Å²) in [5, 5.41) is 4.82. The lowest BCUT2D eigenvalue weighted by Crippen LogP contribution is -2.52. The van der Waals surface area contributed by atoms with Gasteiger partial charge in [0.05, 0.1) is 5.52 Å². The van der Waals surface area contributed by atoms with Crippen LogP contribution < -0.4 is 5.32 Å². The van der Waals surface area contributed by atoms with Gasteiger partial charge in [-0.2, -0.15) is 11.8 Å². The number of hydrogen-bond acceptors (Lipinski definition) is 4. The minimum atomic E-state index is 0.480. The molecule has 0 aliphatic carbocycles. The van der Waals surface area contributed by atoms with E-state index in [9.17, 15) is 0 Å². The van der Waals surface area contributed by atoms with Gasteiger partial charge in [0, 0.05) is 41.7 Å². The number of para-hydroxylation sites is 1. The average molecular weight is 301 g/mol. The summed E-state index contributed by atoms with van der Waals surface area (Å²) in [6.07, 6.45) is 2.98. The van der Waals surface area contributed by atoms with Crippen LogP contribution in [0, 0.1) is 0 Å². The molecule has 1 aromatic heterocycles. The molecule has 112 valence electrons. The van der Waals surface area contributed by atoms with E-state index < -0.39 is 0 Å². The fourth-order valence-electron chi connectivity index (χ4n) is 3.13. The summed E-state index contributed by atoms with van der Waals surface area (Å²) in [5.41, 5.74) is 2.49. The van der Waals surface area contributed by atoms with Crippen LogP contribution in [-0.4, -0.2) is 54.1 Å². The average Bonchev–Trinajstić information content (AvgIpc) is 2.53. The largest absolute Gasteiger partial charge is 0.315 e. The molecule has 1 aliphatic heterocycles. The SMILES string of the molecule is CNC(Cc1ccnc2ccccc12)C1CSCCN1C. The van der Waals surface area contributed by atoms with Crippen molar-refractivity contribution in [2.24, 2.45) is 0 Å². The van der Waals surface area contributed by atoms with Crippen molar-refractivity contribution in [3.63, 3.8) is 0 Å². The van der Waals surface area contributed by atoms with E-state index in [2.05, 4.69) is 71.4 Å². The van der Waals surface area contributed by atoms with Gasteiger partial charge in [-0.1, -0.05) is 18.2 Å². The molecule has 0 spiro atoms. The molecule has 0 bridgehead atoms. The molecule has 0 saturated carbocycles. The summed E-state index contributed by atoms with van der Waals surface area (Å²) in [4.78, 5) is 6.97. The number of thioether (sulfide) groups is 1. The topological polar surface area (TPSA) is 28.2 Å². The van der Waals surface area contributed by atoms with E-state index in [-0.39, 0.29) is 0 Å². The summed E-state index contributed by atoms with van der Waals surface area (Å²) < 4.78 is 0. The minimum absolute atomic E-state index is 0.480. The van der Waals surface area contributed by atoms with Crippen LogP contribution in [0.5, 0.6) is 0 Å². The standard InChI is InChI=1S/C17H23N3S/c1-18-16(17-12-21-10-9-20(17)2)11-13-7-8-19-15-6-4-3-5-14(13)15/h3-8,16-18H,9-12H2,1-2H3. The maximum absolute atomic E-state index is 4.47. The van der Waals surface area contributed by atoms with Gasteiger partial charge in [0.25, 0.3) is 0 Å². The number of fused-ring (bicyclic) bond motifs is 1. The Kier molecular flexibility index (Phi) is 4.78. The zero-order valence-electron chi connectivity index (χ0n) is 12.7. The van der Waals surface area contributed by atoms with Gasteiger partial charge >= 0.3 is 0 Å². The van der Waals surface area contributed by atoms with Gasteiger partial charge < -0.3 is 10.2 Å². The molecular formula is C17H23N3S. The van der Waals surface area contributed by atoms with Crippen molar-refractivity contribution in [1.29, 1.82) is 0 Å². The molecule has 2 aromatic rings. The number of pyridine rings is 1. The zero-order valence-corrected chi connectivity index (χ0v) is 13.6. The maximum Gasteiger partial charge on any atom is 0.0704 e. The van der Waals surface area contributed by atoms with Crippen molar-refractivity contribution < 1.29 is 0 Å². The smallest absolute Gasteiger partial charge is 0.0704 e. The molecule has 2 unspecified atom stereocenters. The van der Waals surface area contributed by atoms with Gasteiger partial charge in [-0.25, -0.2) is 0 Å². The van der Waals surface area contributed by atoms with E-state index in [1.54, 1.807) is 0 Å². The number of hydrogen-bond donors (Lipinski definition) is 1. The normalized spacial score (nSPS) is 21.5. The molecule has 2 heterocycles. The lowest BCUT2D eigenvalue weighted by molar-refractivity contribution is 0.219. The highest BCUT2D eigenvalue weighted by Crippen LogP contribution is 2.22. The fraction of sp³-hybridized carbons (Fsp3) is 0.471. The minimum Gasteiger partial charge on any atom is -0.315 e. The second-order valence-corrected chi connectivity index (χ2v) is 6.86.